The molecule has 0 radical (unpaired) electrons. The van der Waals surface area contributed by atoms with E-state index in [-0.39, 0.29) is 72.2 Å². The molecule has 2 saturated heterocycles. The lowest BCUT2D eigenvalue weighted by molar-refractivity contribution is -0.386. The number of piperazine rings is 2. The monoisotopic (exact) mass is 1210 g/mol. The number of anilines is 3. The van der Waals surface area contributed by atoms with Gasteiger partial charge in [0.25, 0.3) is 5.69 Å². The van der Waals surface area contributed by atoms with Gasteiger partial charge < -0.3 is 63.3 Å². The number of nitrogens with two attached hydrogens (primary N) is 1. The van der Waals surface area contributed by atoms with Gasteiger partial charge in [-0.1, -0.05) is 89.9 Å². The molecule has 2 aliphatic heterocycles. The van der Waals surface area contributed by atoms with Crippen molar-refractivity contribution in [2.24, 2.45) is 0 Å². The van der Waals surface area contributed by atoms with E-state index >= 15 is 0 Å². The first kappa shape index (κ1) is 61.2. The van der Waals surface area contributed by atoms with Gasteiger partial charge in [-0.3, -0.25) is 10.1 Å². The van der Waals surface area contributed by atoms with Gasteiger partial charge >= 0.3 is 24.1 Å². The number of aliphatic hydroxyl groups excluding tert-OH is 2. The summed E-state index contributed by atoms with van der Waals surface area (Å²) in [5.74, 6) is -1.17. The number of nitrogens with zero attached hydrogens (tertiary/aromatic N) is 5. The molecule has 4 heterocycles. The Bertz CT molecular complexity index is 3640. The first-order chi connectivity index (χ1) is 41.6. The van der Waals surface area contributed by atoms with Crippen LogP contribution in [0, 0.1) is 10.1 Å². The number of carbonyl (C=O) groups excluding carboxylic acids is 4. The topological polar surface area (TPSA) is 254 Å². The van der Waals surface area contributed by atoms with E-state index in [1.807, 2.05) is 71.6 Å². The molecule has 8 aromatic rings. The number of esters is 2. The molecule has 0 spiro atoms. The van der Waals surface area contributed by atoms with E-state index in [9.17, 15) is 39.5 Å². The summed E-state index contributed by atoms with van der Waals surface area (Å²) in [6, 6.07) is 45.5. The van der Waals surface area contributed by atoms with E-state index in [1.54, 1.807) is 96.4 Å². The zero-order chi connectivity index (χ0) is 60.9. The molecular weight excluding hydrogens is 1150 g/mol. The summed E-state index contributed by atoms with van der Waals surface area (Å²) >= 11 is 12.0. The number of halogens is 2. The average molecular weight is 1210 g/mol. The number of hydrogen-bond donors (Lipinski definition) is 3. The number of ether oxygens (including phenoxy) is 4. The molecule has 2 amide bonds. The second kappa shape index (κ2) is 28.5. The van der Waals surface area contributed by atoms with Gasteiger partial charge in [0, 0.05) is 113 Å². The Balaban J connectivity index is 0.000000206. The highest BCUT2D eigenvalue weighted by atomic mass is 35.5. The number of nitrogen functional groups attached to an aromatic ring is 1. The van der Waals surface area contributed by atoms with Crippen LogP contribution in [-0.2, 0) is 32.2 Å². The standard InChI is InChI=1S/C32H30ClN3O8.C32H32ClN3O6/c1-2-42-31(38)30-26(19-28(44-30)22-8-10-23(33)11-9-22)29(37)25-13-12-24(18-27(25)36(40)41)34-14-16-35(17-15-34)32(39)43-20-21-6-4-3-5-7-21;1-2-40-31(38)30-26(19-28(42-30)22-8-10-23(33)11-9-22)29(37)25-13-12-24(18-27(25)34)35-14-16-36(17-15-35)32(39)41-20-21-6-4-3-5-7-21/h3-13,18-19,29,37H,2,14-17,20H2,1H3;3-13,18-19,29,37H,2,14-17,20,34H2,1H3. The Hall–Kier alpha value is -9.34. The van der Waals surface area contributed by atoms with Crippen molar-refractivity contribution in [2.45, 2.75) is 39.3 Å². The maximum Gasteiger partial charge on any atom is 0.410 e. The number of benzene rings is 6. The van der Waals surface area contributed by atoms with Crippen molar-refractivity contribution in [1.29, 1.82) is 0 Å². The first-order valence-electron chi connectivity index (χ1n) is 27.7. The molecule has 2 atom stereocenters. The average Bonchev–Trinajstić information content (AvgIpc) is 4.19. The van der Waals surface area contributed by atoms with Crippen molar-refractivity contribution in [2.75, 3.05) is 81.1 Å². The number of rotatable bonds is 17. The fourth-order valence-corrected chi connectivity index (χ4v) is 10.1. The van der Waals surface area contributed by atoms with Gasteiger partial charge in [-0.05, 0) is 110 Å². The number of aliphatic hydroxyl groups is 2. The van der Waals surface area contributed by atoms with Gasteiger partial charge in [-0.2, -0.15) is 0 Å². The van der Waals surface area contributed by atoms with Crippen LogP contribution in [0.2, 0.25) is 10.0 Å². The highest BCUT2D eigenvalue weighted by Crippen LogP contribution is 2.40. The van der Waals surface area contributed by atoms with Crippen molar-refractivity contribution in [3.8, 4) is 22.6 Å². The second-order valence-electron chi connectivity index (χ2n) is 19.9. The quantitative estimate of drug-likeness (QED) is 0.0252. The van der Waals surface area contributed by atoms with E-state index in [2.05, 4.69) is 4.90 Å². The summed E-state index contributed by atoms with van der Waals surface area (Å²) in [6.45, 7) is 7.76. The minimum absolute atomic E-state index is 0.0177. The van der Waals surface area contributed by atoms with Gasteiger partial charge in [-0.15, -0.1) is 0 Å². The van der Waals surface area contributed by atoms with Crippen LogP contribution in [0.5, 0.6) is 0 Å². The Labute approximate surface area is 505 Å². The minimum atomic E-state index is -1.56. The summed E-state index contributed by atoms with van der Waals surface area (Å²) in [6.07, 6.45) is -3.57. The van der Waals surface area contributed by atoms with Crippen LogP contribution >= 0.6 is 23.2 Å². The third-order valence-electron chi connectivity index (χ3n) is 14.4. The molecule has 0 bridgehead atoms. The predicted octanol–water partition coefficient (Wildman–Crippen LogP) is 12.1. The molecule has 2 aliphatic rings. The summed E-state index contributed by atoms with van der Waals surface area (Å²) in [4.78, 5) is 69.5. The number of amides is 2. The van der Waals surface area contributed by atoms with Gasteiger partial charge in [-0.25, -0.2) is 19.2 Å². The molecule has 2 aromatic heterocycles. The van der Waals surface area contributed by atoms with Crippen molar-refractivity contribution >= 4 is 70.1 Å². The lowest BCUT2D eigenvalue weighted by atomic mass is 9.98. The second-order valence-corrected chi connectivity index (χ2v) is 20.8. The summed E-state index contributed by atoms with van der Waals surface area (Å²) in [7, 11) is 0. The number of furan rings is 2. The molecule has 0 saturated carbocycles. The molecule has 2 fully saturated rings. The summed E-state index contributed by atoms with van der Waals surface area (Å²) in [5, 5.41) is 36.0. The summed E-state index contributed by atoms with van der Waals surface area (Å²) < 4.78 is 32.8. The van der Waals surface area contributed by atoms with Gasteiger partial charge in [0.2, 0.25) is 11.5 Å². The highest BCUT2D eigenvalue weighted by molar-refractivity contribution is 6.31. The number of carbonyl (C=O) groups is 4. The fourth-order valence-electron chi connectivity index (χ4n) is 9.82. The molecule has 4 N–H and O–H groups in total. The van der Waals surface area contributed by atoms with Gasteiger partial charge in [0.15, 0.2) is 0 Å². The van der Waals surface area contributed by atoms with Crippen molar-refractivity contribution in [3.63, 3.8) is 0 Å². The molecule has 2 unspecified atom stereocenters. The predicted molar refractivity (Wildman–Crippen MR) is 323 cm³/mol. The molecule has 10 rings (SSSR count). The Morgan fingerprint density at radius 1 is 0.535 bits per heavy atom. The number of nitro groups is 1. The normalized spacial score (nSPS) is 13.9. The van der Waals surface area contributed by atoms with Crippen molar-refractivity contribution < 1.29 is 62.1 Å². The van der Waals surface area contributed by atoms with Crippen LogP contribution in [0.3, 0.4) is 0 Å². The summed E-state index contributed by atoms with van der Waals surface area (Å²) in [5.41, 5.74) is 11.7. The SMILES string of the molecule is CCOC(=O)c1oc(-c2ccc(Cl)cc2)cc1C(O)c1ccc(N2CCN(C(=O)OCc3ccccc3)CC2)cc1N.CCOC(=O)c1oc(-c2ccc(Cl)cc2)cc1C(O)c1ccc(N2CCN(C(=O)OCc3ccccc3)CC2)cc1[N+](=O)[O-]. The Morgan fingerprint density at radius 3 is 1.33 bits per heavy atom. The van der Waals surface area contributed by atoms with Crippen molar-refractivity contribution in [3.05, 3.63) is 223 Å². The lowest BCUT2D eigenvalue weighted by Crippen LogP contribution is -2.49. The molecule has 86 heavy (non-hydrogen) atoms. The first-order valence-corrected chi connectivity index (χ1v) is 28.4. The number of nitro benzene ring substituents is 1. The van der Waals surface area contributed by atoms with Crippen molar-refractivity contribution in [1.82, 2.24) is 9.80 Å². The van der Waals surface area contributed by atoms with E-state index in [0.717, 1.165) is 16.8 Å². The maximum atomic E-state index is 12.7. The van der Waals surface area contributed by atoms with Crippen LogP contribution in [0.15, 0.2) is 167 Å². The third-order valence-corrected chi connectivity index (χ3v) is 14.9. The van der Waals surface area contributed by atoms with Crippen LogP contribution in [0.25, 0.3) is 22.6 Å². The zero-order valence-corrected chi connectivity index (χ0v) is 48.5. The molecule has 20 nitrogen and oxygen atoms in total. The van der Waals surface area contributed by atoms with Crippen LogP contribution in [-0.4, -0.2) is 115 Å². The largest absolute Gasteiger partial charge is 0.460 e. The molecule has 6 aromatic carbocycles. The minimum Gasteiger partial charge on any atom is -0.460 e. The maximum absolute atomic E-state index is 12.7. The van der Waals surface area contributed by atoms with Gasteiger partial charge in [0.1, 0.15) is 36.9 Å². The highest BCUT2D eigenvalue weighted by Gasteiger charge is 2.33. The van der Waals surface area contributed by atoms with Crippen LogP contribution < -0.4 is 15.5 Å². The zero-order valence-electron chi connectivity index (χ0n) is 47.0. The molecular formula is C64H62Cl2N6O14. The van der Waals surface area contributed by atoms with E-state index < -0.39 is 35.2 Å². The van der Waals surface area contributed by atoms with E-state index in [0.29, 0.717) is 96.2 Å². The molecule has 0 aliphatic carbocycles. The van der Waals surface area contributed by atoms with Crippen LogP contribution in [0.4, 0.5) is 32.3 Å². The lowest BCUT2D eigenvalue weighted by Gasteiger charge is -2.35. The third kappa shape index (κ3) is 14.9. The van der Waals surface area contributed by atoms with Gasteiger partial charge in [0.05, 0.1) is 23.7 Å². The molecule has 22 heteroatoms. The smallest absolute Gasteiger partial charge is 0.410 e. The van der Waals surface area contributed by atoms with Crippen LogP contribution in [0.1, 0.15) is 80.5 Å². The molecule has 446 valence electrons. The van der Waals surface area contributed by atoms with E-state index in [1.165, 1.54) is 18.2 Å². The fraction of sp³-hybridized carbons (Fsp3) is 0.250. The Morgan fingerprint density at radius 2 is 0.930 bits per heavy atom. The van der Waals surface area contributed by atoms with E-state index in [4.69, 9.17) is 56.7 Å². The Kier molecular flexibility index (Phi) is 20.3. The number of hydrogen-bond acceptors (Lipinski definition) is 17.